The van der Waals surface area contributed by atoms with Crippen molar-refractivity contribution in [2.75, 3.05) is 5.32 Å². The summed E-state index contributed by atoms with van der Waals surface area (Å²) in [6.07, 6.45) is 3.51. The average Bonchev–Trinajstić information content (AvgIpc) is 2.38. The van der Waals surface area contributed by atoms with Gasteiger partial charge in [-0.2, -0.15) is 5.26 Å². The number of benzene rings is 1. The molecule has 0 fully saturated rings. The largest absolute Gasteiger partial charge is 0.380 e. The summed E-state index contributed by atoms with van der Waals surface area (Å²) < 4.78 is 0.953. The van der Waals surface area contributed by atoms with Gasteiger partial charge in [0.15, 0.2) is 0 Å². The van der Waals surface area contributed by atoms with Crippen molar-refractivity contribution in [2.45, 2.75) is 6.54 Å². The van der Waals surface area contributed by atoms with Crippen LogP contribution in [-0.4, -0.2) is 4.98 Å². The number of anilines is 1. The van der Waals surface area contributed by atoms with E-state index < -0.39 is 0 Å². The van der Waals surface area contributed by atoms with E-state index in [1.165, 1.54) is 0 Å². The monoisotopic (exact) mass is 287 g/mol. The van der Waals surface area contributed by atoms with Crippen molar-refractivity contribution in [3.05, 3.63) is 58.3 Å². The minimum Gasteiger partial charge on any atom is -0.380 e. The molecule has 0 atom stereocenters. The molecule has 1 heterocycles. The first kappa shape index (κ1) is 11.6. The van der Waals surface area contributed by atoms with Crippen LogP contribution in [0.15, 0.2) is 47.2 Å². The average molecular weight is 288 g/mol. The molecule has 2 aromatic rings. The summed E-state index contributed by atoms with van der Waals surface area (Å²) in [5, 5.41) is 12.2. The van der Waals surface area contributed by atoms with Crippen LogP contribution >= 0.6 is 15.9 Å². The van der Waals surface area contributed by atoms with E-state index in [-0.39, 0.29) is 0 Å². The maximum absolute atomic E-state index is 8.99. The van der Waals surface area contributed by atoms with E-state index in [2.05, 4.69) is 32.3 Å². The molecule has 17 heavy (non-hydrogen) atoms. The predicted molar refractivity (Wildman–Crippen MR) is 70.4 cm³/mol. The third-order valence-corrected chi connectivity index (χ3v) is 2.83. The van der Waals surface area contributed by atoms with Crippen LogP contribution in [0, 0.1) is 11.3 Å². The van der Waals surface area contributed by atoms with Gasteiger partial charge in [0.25, 0.3) is 0 Å². The minimum absolute atomic E-state index is 0.641. The fourth-order valence-corrected chi connectivity index (χ4v) is 1.82. The second-order valence-electron chi connectivity index (χ2n) is 3.51. The maximum atomic E-state index is 8.99. The van der Waals surface area contributed by atoms with E-state index in [9.17, 15) is 0 Å². The molecule has 0 radical (unpaired) electrons. The Labute approximate surface area is 108 Å². The lowest BCUT2D eigenvalue weighted by molar-refractivity contribution is 1.12. The number of nitrogens with one attached hydrogen (secondary N) is 1. The number of nitriles is 1. The first-order chi connectivity index (χ1) is 8.29. The second kappa shape index (κ2) is 5.46. The topological polar surface area (TPSA) is 48.7 Å². The zero-order valence-electron chi connectivity index (χ0n) is 9.02. The van der Waals surface area contributed by atoms with E-state index in [0.717, 1.165) is 15.7 Å². The number of pyridine rings is 1. The summed E-state index contributed by atoms with van der Waals surface area (Å²) in [7, 11) is 0. The van der Waals surface area contributed by atoms with Crippen molar-refractivity contribution in [1.82, 2.24) is 4.98 Å². The molecule has 84 valence electrons. The number of aromatic nitrogens is 1. The first-order valence-electron chi connectivity index (χ1n) is 5.12. The number of rotatable bonds is 3. The molecule has 2 rings (SSSR count). The zero-order chi connectivity index (χ0) is 12.1. The lowest BCUT2D eigenvalue weighted by atomic mass is 10.2. The Balaban J connectivity index is 2.14. The molecule has 0 bridgehead atoms. The molecule has 0 aliphatic carbocycles. The lowest BCUT2D eigenvalue weighted by Gasteiger charge is -2.08. The van der Waals surface area contributed by atoms with Crippen molar-refractivity contribution in [3.63, 3.8) is 0 Å². The minimum atomic E-state index is 0.641. The molecule has 4 heteroatoms. The van der Waals surface area contributed by atoms with Crippen molar-refractivity contribution in [3.8, 4) is 6.07 Å². The van der Waals surface area contributed by atoms with Gasteiger partial charge in [-0.15, -0.1) is 0 Å². The van der Waals surface area contributed by atoms with Crippen LogP contribution in [0.1, 0.15) is 11.1 Å². The highest BCUT2D eigenvalue weighted by molar-refractivity contribution is 9.10. The highest BCUT2D eigenvalue weighted by atomic mass is 79.9. The lowest BCUT2D eigenvalue weighted by Crippen LogP contribution is -2.01. The highest BCUT2D eigenvalue weighted by Crippen LogP contribution is 2.21. The first-order valence-corrected chi connectivity index (χ1v) is 5.91. The van der Waals surface area contributed by atoms with Crippen LogP contribution in [0.2, 0.25) is 0 Å². The van der Waals surface area contributed by atoms with E-state index in [4.69, 9.17) is 5.26 Å². The van der Waals surface area contributed by atoms with E-state index in [0.29, 0.717) is 12.1 Å². The molecule has 1 N–H and O–H groups in total. The summed E-state index contributed by atoms with van der Waals surface area (Å²) in [5.74, 6) is 0. The summed E-state index contributed by atoms with van der Waals surface area (Å²) >= 11 is 3.39. The van der Waals surface area contributed by atoms with E-state index >= 15 is 0 Å². The Bertz CT molecular complexity index is 546. The molecule has 0 saturated heterocycles. The van der Waals surface area contributed by atoms with Gasteiger partial charge in [0, 0.05) is 23.4 Å². The Morgan fingerprint density at radius 3 is 2.71 bits per heavy atom. The van der Waals surface area contributed by atoms with Crippen LogP contribution in [0.5, 0.6) is 0 Å². The summed E-state index contributed by atoms with van der Waals surface area (Å²) in [6, 6.07) is 11.6. The van der Waals surface area contributed by atoms with Gasteiger partial charge in [-0.3, -0.25) is 4.98 Å². The van der Waals surface area contributed by atoms with Crippen LogP contribution in [0.25, 0.3) is 0 Å². The number of halogens is 1. The summed E-state index contributed by atoms with van der Waals surface area (Å²) in [6.45, 7) is 0.674. The van der Waals surface area contributed by atoms with Gasteiger partial charge in [-0.05, 0) is 35.9 Å². The van der Waals surface area contributed by atoms with Gasteiger partial charge in [-0.1, -0.05) is 15.9 Å². The van der Waals surface area contributed by atoms with Gasteiger partial charge in [0.1, 0.15) is 6.07 Å². The van der Waals surface area contributed by atoms with E-state index in [1.54, 1.807) is 18.5 Å². The van der Waals surface area contributed by atoms with Crippen LogP contribution in [0.4, 0.5) is 5.69 Å². The Morgan fingerprint density at radius 2 is 2.00 bits per heavy atom. The second-order valence-corrected chi connectivity index (χ2v) is 4.43. The SMILES string of the molecule is N#Cc1ccc(Br)cc1NCc1ccncc1. The fraction of sp³-hybridized carbons (Fsp3) is 0.0769. The highest BCUT2D eigenvalue weighted by Gasteiger charge is 2.02. The van der Waals surface area contributed by atoms with Crippen molar-refractivity contribution >= 4 is 21.6 Å². The molecule has 0 unspecified atom stereocenters. The Hall–Kier alpha value is -1.86. The van der Waals surface area contributed by atoms with Gasteiger partial charge in [0.05, 0.1) is 11.3 Å². The molecule has 1 aromatic carbocycles. The molecule has 0 aliphatic heterocycles. The number of nitrogens with zero attached hydrogens (tertiary/aromatic N) is 2. The molecular formula is C13H10BrN3. The van der Waals surface area contributed by atoms with Crippen molar-refractivity contribution in [1.29, 1.82) is 5.26 Å². The maximum Gasteiger partial charge on any atom is 0.101 e. The summed E-state index contributed by atoms with van der Waals surface area (Å²) in [4.78, 5) is 3.96. The molecule has 0 saturated carbocycles. The molecule has 3 nitrogen and oxygen atoms in total. The van der Waals surface area contributed by atoms with Crippen molar-refractivity contribution < 1.29 is 0 Å². The van der Waals surface area contributed by atoms with E-state index in [1.807, 2.05) is 24.3 Å². The molecule has 1 aromatic heterocycles. The molecule has 0 amide bonds. The van der Waals surface area contributed by atoms with Crippen LogP contribution in [-0.2, 0) is 6.54 Å². The zero-order valence-corrected chi connectivity index (χ0v) is 10.6. The predicted octanol–water partition coefficient (Wildman–Crippen LogP) is 3.33. The summed E-state index contributed by atoms with van der Waals surface area (Å²) in [5.41, 5.74) is 2.60. The van der Waals surface area contributed by atoms with Gasteiger partial charge < -0.3 is 5.32 Å². The third kappa shape index (κ3) is 3.05. The number of hydrogen-bond donors (Lipinski definition) is 1. The van der Waals surface area contributed by atoms with Gasteiger partial charge in [0.2, 0.25) is 0 Å². The quantitative estimate of drug-likeness (QED) is 0.942. The Kier molecular flexibility index (Phi) is 3.73. The van der Waals surface area contributed by atoms with Gasteiger partial charge >= 0.3 is 0 Å². The van der Waals surface area contributed by atoms with Crippen LogP contribution < -0.4 is 5.32 Å². The molecule has 0 aliphatic rings. The third-order valence-electron chi connectivity index (χ3n) is 2.33. The van der Waals surface area contributed by atoms with Crippen LogP contribution in [0.3, 0.4) is 0 Å². The number of hydrogen-bond acceptors (Lipinski definition) is 3. The Morgan fingerprint density at radius 1 is 1.24 bits per heavy atom. The standard InChI is InChI=1S/C13H10BrN3/c14-12-2-1-11(8-15)13(7-12)17-9-10-3-5-16-6-4-10/h1-7,17H,9H2. The van der Waals surface area contributed by atoms with Gasteiger partial charge in [-0.25, -0.2) is 0 Å². The smallest absolute Gasteiger partial charge is 0.101 e. The van der Waals surface area contributed by atoms with Crippen molar-refractivity contribution in [2.24, 2.45) is 0 Å². The fourth-order valence-electron chi connectivity index (χ4n) is 1.46. The normalized spacial score (nSPS) is 9.65. The molecule has 0 spiro atoms. The molecular weight excluding hydrogens is 278 g/mol.